The quantitative estimate of drug-likeness (QED) is 0.701. The molecule has 0 spiro atoms. The van der Waals surface area contributed by atoms with Crippen molar-refractivity contribution in [3.8, 4) is 0 Å². The monoisotopic (exact) mass is 187 g/mol. The molecule has 0 unspecified atom stereocenters. The van der Waals surface area contributed by atoms with Crippen molar-refractivity contribution in [3.63, 3.8) is 0 Å². The SMILES string of the molecule is C=CS(=O)(=O)C=C.c1cnoc1. The van der Waals surface area contributed by atoms with Gasteiger partial charge in [-0.2, -0.15) is 0 Å². The van der Waals surface area contributed by atoms with Crippen LogP contribution in [0.2, 0.25) is 0 Å². The minimum Gasteiger partial charge on any atom is -0.365 e. The third-order valence-corrected chi connectivity index (χ3v) is 1.74. The average molecular weight is 187 g/mol. The van der Waals surface area contributed by atoms with E-state index in [4.69, 9.17) is 0 Å². The topological polar surface area (TPSA) is 60.2 Å². The van der Waals surface area contributed by atoms with Gasteiger partial charge in [-0.15, -0.1) is 0 Å². The van der Waals surface area contributed by atoms with Crippen molar-refractivity contribution in [2.75, 3.05) is 0 Å². The largest absolute Gasteiger partial charge is 0.365 e. The van der Waals surface area contributed by atoms with E-state index in [1.165, 1.54) is 6.26 Å². The van der Waals surface area contributed by atoms with Crippen LogP contribution in [0.5, 0.6) is 0 Å². The van der Waals surface area contributed by atoms with Gasteiger partial charge in [0.25, 0.3) is 0 Å². The van der Waals surface area contributed by atoms with Gasteiger partial charge >= 0.3 is 0 Å². The molecular weight excluding hydrogens is 178 g/mol. The lowest BCUT2D eigenvalue weighted by atomic mass is 10.8. The van der Waals surface area contributed by atoms with Crippen LogP contribution >= 0.6 is 0 Å². The summed E-state index contributed by atoms with van der Waals surface area (Å²) in [7, 11) is -3.13. The summed E-state index contributed by atoms with van der Waals surface area (Å²) in [5.74, 6) is 0. The summed E-state index contributed by atoms with van der Waals surface area (Å²) < 4.78 is 24.6. The maximum Gasteiger partial charge on any atom is 0.191 e. The number of aromatic nitrogens is 1. The Morgan fingerprint density at radius 1 is 1.33 bits per heavy atom. The minimum atomic E-state index is -3.13. The van der Waals surface area contributed by atoms with E-state index >= 15 is 0 Å². The summed E-state index contributed by atoms with van der Waals surface area (Å²) in [5, 5.41) is 5.04. The van der Waals surface area contributed by atoms with E-state index in [9.17, 15) is 8.42 Å². The summed E-state index contributed by atoms with van der Waals surface area (Å²) in [6, 6.07) is 1.72. The molecule has 12 heavy (non-hydrogen) atoms. The molecule has 1 aromatic heterocycles. The predicted octanol–water partition coefficient (Wildman–Crippen LogP) is 1.36. The Morgan fingerprint density at radius 3 is 2.00 bits per heavy atom. The Kier molecular flexibility index (Phi) is 4.71. The van der Waals surface area contributed by atoms with Crippen molar-refractivity contribution in [1.29, 1.82) is 0 Å². The van der Waals surface area contributed by atoms with E-state index in [0.29, 0.717) is 0 Å². The fourth-order valence-corrected chi connectivity index (χ4v) is 0.380. The Hall–Kier alpha value is -1.36. The lowest BCUT2D eigenvalue weighted by Crippen LogP contribution is -1.83. The molecule has 4 nitrogen and oxygen atoms in total. The zero-order valence-electron chi connectivity index (χ0n) is 6.38. The van der Waals surface area contributed by atoms with Gasteiger partial charge in [0.05, 0.1) is 6.20 Å². The number of sulfone groups is 1. The molecule has 0 amide bonds. The molecule has 0 aliphatic carbocycles. The van der Waals surface area contributed by atoms with Gasteiger partial charge in [-0.05, 0) is 6.07 Å². The standard InChI is InChI=1S/C4H6O2S.C3H3NO/c1-3-7(5,6)4-2;1-2-4-5-3-1/h3-4H,1-2H2;1-3H. The highest BCUT2D eigenvalue weighted by atomic mass is 32.2. The van der Waals surface area contributed by atoms with Crippen LogP contribution in [-0.2, 0) is 9.84 Å². The Balaban J connectivity index is 0.000000211. The summed E-state index contributed by atoms with van der Waals surface area (Å²) in [6.45, 7) is 6.09. The van der Waals surface area contributed by atoms with Crippen LogP contribution in [0, 0.1) is 0 Å². The highest BCUT2D eigenvalue weighted by Gasteiger charge is 1.90. The third-order valence-electron chi connectivity index (χ3n) is 0.812. The van der Waals surface area contributed by atoms with Crippen LogP contribution in [-0.4, -0.2) is 13.6 Å². The van der Waals surface area contributed by atoms with Crippen LogP contribution in [0.1, 0.15) is 0 Å². The first kappa shape index (κ1) is 10.6. The first-order valence-electron chi connectivity index (χ1n) is 2.96. The van der Waals surface area contributed by atoms with E-state index < -0.39 is 9.84 Å². The molecule has 0 atom stereocenters. The number of hydrogen-bond donors (Lipinski definition) is 0. The first-order chi connectivity index (χ1) is 5.62. The van der Waals surface area contributed by atoms with Gasteiger partial charge in [-0.3, -0.25) is 0 Å². The van der Waals surface area contributed by atoms with Gasteiger partial charge < -0.3 is 4.52 Å². The van der Waals surface area contributed by atoms with Crippen LogP contribution in [0.25, 0.3) is 0 Å². The fraction of sp³-hybridized carbons (Fsp3) is 0. The van der Waals surface area contributed by atoms with Crippen molar-refractivity contribution in [2.24, 2.45) is 0 Å². The van der Waals surface area contributed by atoms with Crippen LogP contribution < -0.4 is 0 Å². The lowest BCUT2D eigenvalue weighted by Gasteiger charge is -1.78. The van der Waals surface area contributed by atoms with E-state index in [1.54, 1.807) is 12.3 Å². The highest BCUT2D eigenvalue weighted by molar-refractivity contribution is 7.97. The van der Waals surface area contributed by atoms with Gasteiger partial charge in [0.1, 0.15) is 6.26 Å². The molecule has 0 radical (unpaired) electrons. The van der Waals surface area contributed by atoms with E-state index in [1.807, 2.05) is 0 Å². The zero-order valence-corrected chi connectivity index (χ0v) is 7.20. The maximum atomic E-state index is 10.1. The van der Waals surface area contributed by atoms with Gasteiger partial charge in [0.2, 0.25) is 0 Å². The van der Waals surface area contributed by atoms with Gasteiger partial charge in [-0.1, -0.05) is 18.3 Å². The van der Waals surface area contributed by atoms with Crippen LogP contribution in [0.15, 0.2) is 47.0 Å². The predicted molar refractivity (Wildman–Crippen MR) is 45.8 cm³/mol. The second kappa shape index (κ2) is 5.31. The molecule has 1 aromatic rings. The van der Waals surface area contributed by atoms with Gasteiger partial charge in [0, 0.05) is 10.8 Å². The fourth-order valence-electron chi connectivity index (χ4n) is 0.244. The molecule has 0 saturated heterocycles. The van der Waals surface area contributed by atoms with E-state index in [2.05, 4.69) is 22.8 Å². The normalized spacial score (nSPS) is 9.33. The summed E-state index contributed by atoms with van der Waals surface area (Å²) in [4.78, 5) is 0. The Labute approximate surface area is 71.1 Å². The number of hydrogen-bond acceptors (Lipinski definition) is 4. The molecule has 0 N–H and O–H groups in total. The molecule has 0 bridgehead atoms. The molecule has 1 rings (SSSR count). The van der Waals surface area contributed by atoms with Crippen LogP contribution in [0.3, 0.4) is 0 Å². The first-order valence-corrected chi connectivity index (χ1v) is 4.57. The number of nitrogens with zero attached hydrogens (tertiary/aromatic N) is 1. The van der Waals surface area contributed by atoms with Crippen molar-refractivity contribution in [1.82, 2.24) is 5.16 Å². The van der Waals surface area contributed by atoms with Crippen LogP contribution in [0.4, 0.5) is 0 Å². The average Bonchev–Trinajstić information content (AvgIpc) is 2.62. The second-order valence-electron chi connectivity index (χ2n) is 1.61. The highest BCUT2D eigenvalue weighted by Crippen LogP contribution is 1.87. The summed E-state index contributed by atoms with van der Waals surface area (Å²) >= 11 is 0. The summed E-state index contributed by atoms with van der Waals surface area (Å²) in [5.41, 5.74) is 0. The van der Waals surface area contributed by atoms with Gasteiger partial charge in [-0.25, -0.2) is 8.42 Å². The molecule has 0 aromatic carbocycles. The zero-order chi connectivity index (χ0) is 9.45. The molecule has 5 heteroatoms. The molecule has 0 fully saturated rings. The molecule has 66 valence electrons. The Morgan fingerprint density at radius 2 is 1.92 bits per heavy atom. The molecule has 0 saturated carbocycles. The van der Waals surface area contributed by atoms with E-state index in [0.717, 1.165) is 10.8 Å². The van der Waals surface area contributed by atoms with Gasteiger partial charge in [0.15, 0.2) is 9.84 Å². The molecule has 0 aliphatic heterocycles. The van der Waals surface area contributed by atoms with Crippen molar-refractivity contribution in [3.05, 3.63) is 42.5 Å². The van der Waals surface area contributed by atoms with Crippen molar-refractivity contribution in [2.45, 2.75) is 0 Å². The minimum absolute atomic E-state index is 0.847. The Bertz CT molecular complexity index is 281. The van der Waals surface area contributed by atoms with E-state index in [-0.39, 0.29) is 0 Å². The smallest absolute Gasteiger partial charge is 0.191 e. The van der Waals surface area contributed by atoms with Crippen molar-refractivity contribution < 1.29 is 12.9 Å². The molecule has 0 aliphatic rings. The second-order valence-corrected chi connectivity index (χ2v) is 3.46. The van der Waals surface area contributed by atoms with Crippen molar-refractivity contribution >= 4 is 9.84 Å². The lowest BCUT2D eigenvalue weighted by molar-refractivity contribution is 0.420. The third kappa shape index (κ3) is 5.43. The number of rotatable bonds is 2. The molecular formula is C7H9NO3S. The maximum absolute atomic E-state index is 10.1. The molecule has 1 heterocycles. The summed E-state index contributed by atoms with van der Waals surface area (Å²) in [6.07, 6.45) is 3.10.